The molecule has 1 saturated carbocycles. The zero-order chi connectivity index (χ0) is 16.0. The molecular formula is C20H20N2O. The van der Waals surface area contributed by atoms with Crippen LogP contribution in [-0.4, -0.2) is 9.55 Å². The van der Waals surface area contributed by atoms with Crippen LogP contribution in [0.2, 0.25) is 0 Å². The zero-order valence-electron chi connectivity index (χ0n) is 13.5. The summed E-state index contributed by atoms with van der Waals surface area (Å²) in [7, 11) is 0. The van der Waals surface area contributed by atoms with Gasteiger partial charge in [-0.05, 0) is 55.4 Å². The first-order chi connectivity index (χ1) is 11.2. The Bertz CT molecular complexity index is 952. The van der Waals surface area contributed by atoms with Crippen molar-refractivity contribution in [1.29, 1.82) is 0 Å². The summed E-state index contributed by atoms with van der Waals surface area (Å²) >= 11 is 0. The SMILES string of the molecule is CCc1nc(=O)n(-c2ccccc2C)c2cc(C3CC3)ccc12. The lowest BCUT2D eigenvalue weighted by atomic mass is 10.0. The Kier molecular flexibility index (Phi) is 3.29. The third-order valence-corrected chi connectivity index (χ3v) is 4.74. The Morgan fingerprint density at radius 3 is 2.65 bits per heavy atom. The third kappa shape index (κ3) is 2.37. The Labute approximate surface area is 135 Å². The number of aromatic nitrogens is 2. The summed E-state index contributed by atoms with van der Waals surface area (Å²) in [4.78, 5) is 17.0. The lowest BCUT2D eigenvalue weighted by Gasteiger charge is -2.15. The monoisotopic (exact) mass is 304 g/mol. The predicted octanol–water partition coefficient (Wildman–Crippen LogP) is 4.13. The average Bonchev–Trinajstić information content (AvgIpc) is 3.40. The largest absolute Gasteiger partial charge is 0.352 e. The molecule has 1 fully saturated rings. The second kappa shape index (κ2) is 5.34. The third-order valence-electron chi connectivity index (χ3n) is 4.74. The van der Waals surface area contributed by atoms with E-state index in [1.165, 1.54) is 18.4 Å². The van der Waals surface area contributed by atoms with E-state index in [1.54, 1.807) is 4.57 Å². The van der Waals surface area contributed by atoms with E-state index in [1.807, 2.05) is 38.1 Å². The highest BCUT2D eigenvalue weighted by Gasteiger charge is 2.24. The maximum absolute atomic E-state index is 12.7. The quantitative estimate of drug-likeness (QED) is 0.729. The van der Waals surface area contributed by atoms with Gasteiger partial charge in [0.25, 0.3) is 0 Å². The van der Waals surface area contributed by atoms with E-state index in [4.69, 9.17) is 0 Å². The van der Waals surface area contributed by atoms with Crippen molar-refractivity contribution in [3.8, 4) is 5.69 Å². The molecule has 0 radical (unpaired) electrons. The molecular weight excluding hydrogens is 284 g/mol. The van der Waals surface area contributed by atoms with Gasteiger partial charge in [-0.2, -0.15) is 4.98 Å². The molecule has 1 heterocycles. The minimum atomic E-state index is -0.184. The van der Waals surface area contributed by atoms with E-state index < -0.39 is 0 Å². The Hall–Kier alpha value is -2.42. The van der Waals surface area contributed by atoms with E-state index in [0.29, 0.717) is 5.92 Å². The van der Waals surface area contributed by atoms with Crippen LogP contribution in [0.15, 0.2) is 47.3 Å². The van der Waals surface area contributed by atoms with E-state index >= 15 is 0 Å². The summed E-state index contributed by atoms with van der Waals surface area (Å²) in [5.74, 6) is 0.665. The molecule has 1 aliphatic rings. The minimum absolute atomic E-state index is 0.184. The van der Waals surface area contributed by atoms with E-state index in [2.05, 4.69) is 23.2 Å². The van der Waals surface area contributed by atoms with Crippen LogP contribution in [0, 0.1) is 6.92 Å². The van der Waals surface area contributed by atoms with Crippen LogP contribution >= 0.6 is 0 Å². The van der Waals surface area contributed by atoms with Gasteiger partial charge in [0.1, 0.15) is 0 Å². The molecule has 1 aromatic heterocycles. The van der Waals surface area contributed by atoms with Crippen LogP contribution in [0.3, 0.4) is 0 Å². The molecule has 3 nitrogen and oxygen atoms in total. The maximum Gasteiger partial charge on any atom is 0.352 e. The second-order valence-corrected chi connectivity index (χ2v) is 6.37. The Morgan fingerprint density at radius 1 is 1.17 bits per heavy atom. The number of hydrogen-bond acceptors (Lipinski definition) is 2. The summed E-state index contributed by atoms with van der Waals surface area (Å²) < 4.78 is 1.77. The van der Waals surface area contributed by atoms with Crippen LogP contribution in [0.25, 0.3) is 16.6 Å². The van der Waals surface area contributed by atoms with Crippen molar-refractivity contribution < 1.29 is 0 Å². The molecule has 0 unspecified atom stereocenters. The number of aryl methyl sites for hydroxylation is 2. The van der Waals surface area contributed by atoms with Gasteiger partial charge < -0.3 is 0 Å². The molecule has 0 atom stereocenters. The molecule has 3 aromatic rings. The van der Waals surface area contributed by atoms with Gasteiger partial charge in [-0.15, -0.1) is 0 Å². The Balaban J connectivity index is 2.09. The number of rotatable bonds is 3. The van der Waals surface area contributed by atoms with Crippen LogP contribution in [-0.2, 0) is 6.42 Å². The van der Waals surface area contributed by atoms with Gasteiger partial charge in [0.2, 0.25) is 0 Å². The first kappa shape index (κ1) is 14.2. The highest BCUT2D eigenvalue weighted by molar-refractivity contribution is 5.84. The normalized spacial score (nSPS) is 14.3. The number of fused-ring (bicyclic) bond motifs is 1. The fourth-order valence-electron chi connectivity index (χ4n) is 3.29. The van der Waals surface area contributed by atoms with Gasteiger partial charge in [0.05, 0.1) is 16.9 Å². The van der Waals surface area contributed by atoms with Crippen LogP contribution in [0.5, 0.6) is 0 Å². The molecule has 1 aliphatic carbocycles. The lowest BCUT2D eigenvalue weighted by molar-refractivity contribution is 0.903. The Morgan fingerprint density at radius 2 is 1.96 bits per heavy atom. The molecule has 0 saturated heterocycles. The van der Waals surface area contributed by atoms with Crippen molar-refractivity contribution in [2.24, 2.45) is 0 Å². The molecule has 23 heavy (non-hydrogen) atoms. The molecule has 0 aliphatic heterocycles. The van der Waals surface area contributed by atoms with Gasteiger partial charge in [-0.25, -0.2) is 4.79 Å². The highest BCUT2D eigenvalue weighted by Crippen LogP contribution is 2.41. The molecule has 116 valence electrons. The summed E-state index contributed by atoms with van der Waals surface area (Å²) in [5, 5.41) is 1.08. The molecule has 2 aromatic carbocycles. The van der Waals surface area contributed by atoms with Gasteiger partial charge in [0.15, 0.2) is 0 Å². The zero-order valence-corrected chi connectivity index (χ0v) is 13.5. The molecule has 0 amide bonds. The van der Waals surface area contributed by atoms with Gasteiger partial charge in [-0.3, -0.25) is 4.57 Å². The van der Waals surface area contributed by atoms with Crippen molar-refractivity contribution in [3.63, 3.8) is 0 Å². The predicted molar refractivity (Wildman–Crippen MR) is 93.4 cm³/mol. The van der Waals surface area contributed by atoms with Crippen molar-refractivity contribution in [2.75, 3.05) is 0 Å². The summed E-state index contributed by atoms with van der Waals surface area (Å²) in [6.45, 7) is 4.08. The van der Waals surface area contributed by atoms with E-state index in [-0.39, 0.29) is 5.69 Å². The maximum atomic E-state index is 12.7. The van der Waals surface area contributed by atoms with Gasteiger partial charge >= 0.3 is 5.69 Å². The van der Waals surface area contributed by atoms with Crippen molar-refractivity contribution in [2.45, 2.75) is 39.0 Å². The highest BCUT2D eigenvalue weighted by atomic mass is 16.1. The first-order valence-electron chi connectivity index (χ1n) is 8.30. The fourth-order valence-corrected chi connectivity index (χ4v) is 3.29. The van der Waals surface area contributed by atoms with Crippen LogP contribution in [0.1, 0.15) is 42.5 Å². The standard InChI is InChI=1S/C20H20N2O/c1-3-17-16-11-10-15(14-8-9-14)12-19(16)22(20(23)21-17)18-7-5-4-6-13(18)2/h4-7,10-12,14H,3,8-9H2,1-2H3. The summed E-state index contributed by atoms with van der Waals surface area (Å²) in [6.07, 6.45) is 3.28. The van der Waals surface area contributed by atoms with E-state index in [9.17, 15) is 4.79 Å². The number of benzene rings is 2. The molecule has 4 rings (SSSR count). The summed E-state index contributed by atoms with van der Waals surface area (Å²) in [6, 6.07) is 14.5. The molecule has 0 spiro atoms. The molecule has 0 bridgehead atoms. The van der Waals surface area contributed by atoms with Gasteiger partial charge in [0, 0.05) is 5.39 Å². The number of para-hydroxylation sites is 1. The fraction of sp³-hybridized carbons (Fsp3) is 0.300. The number of nitrogens with zero attached hydrogens (tertiary/aromatic N) is 2. The van der Waals surface area contributed by atoms with Gasteiger partial charge in [-0.1, -0.05) is 37.3 Å². The smallest absolute Gasteiger partial charge is 0.260 e. The van der Waals surface area contributed by atoms with Crippen molar-refractivity contribution in [3.05, 3.63) is 69.8 Å². The molecule has 3 heteroatoms. The molecule has 0 N–H and O–H groups in total. The first-order valence-corrected chi connectivity index (χ1v) is 8.30. The van der Waals surface area contributed by atoms with Crippen molar-refractivity contribution >= 4 is 10.9 Å². The minimum Gasteiger partial charge on any atom is -0.260 e. The lowest BCUT2D eigenvalue weighted by Crippen LogP contribution is -2.24. The average molecular weight is 304 g/mol. The second-order valence-electron chi connectivity index (χ2n) is 6.37. The van der Waals surface area contributed by atoms with Crippen LogP contribution in [0.4, 0.5) is 0 Å². The summed E-state index contributed by atoms with van der Waals surface area (Å²) in [5.41, 5.74) is 5.03. The number of hydrogen-bond donors (Lipinski definition) is 0. The van der Waals surface area contributed by atoms with E-state index in [0.717, 1.165) is 34.3 Å². The van der Waals surface area contributed by atoms with Crippen LogP contribution < -0.4 is 5.69 Å². The topological polar surface area (TPSA) is 34.9 Å². The van der Waals surface area contributed by atoms with Crippen molar-refractivity contribution in [1.82, 2.24) is 9.55 Å².